The molecule has 0 aliphatic carbocycles. The highest BCUT2D eigenvalue weighted by Gasteiger charge is 2.12. The molecule has 18 heavy (non-hydrogen) atoms. The highest BCUT2D eigenvalue weighted by atomic mass is 79.9. The predicted molar refractivity (Wildman–Crippen MR) is 78.3 cm³/mol. The number of thiophene rings is 1. The Morgan fingerprint density at radius 3 is 2.89 bits per heavy atom. The van der Waals surface area contributed by atoms with E-state index in [-0.39, 0.29) is 0 Å². The van der Waals surface area contributed by atoms with Gasteiger partial charge in [0.25, 0.3) is 0 Å². The van der Waals surface area contributed by atoms with Crippen LogP contribution in [0.5, 0.6) is 5.75 Å². The Balaban J connectivity index is 2.05. The summed E-state index contributed by atoms with van der Waals surface area (Å²) in [5.41, 5.74) is 0.880. The van der Waals surface area contributed by atoms with Crippen LogP contribution in [0.1, 0.15) is 23.0 Å². The van der Waals surface area contributed by atoms with Crippen molar-refractivity contribution in [3.63, 3.8) is 0 Å². The van der Waals surface area contributed by atoms with Gasteiger partial charge in [0, 0.05) is 9.35 Å². The zero-order valence-electron chi connectivity index (χ0n) is 10.1. The lowest BCUT2D eigenvalue weighted by Crippen LogP contribution is -2.00. The lowest BCUT2D eigenvalue weighted by Gasteiger charge is -2.13. The Labute approximate surface area is 119 Å². The number of halogens is 1. The molecule has 4 heteroatoms. The second-order valence-corrected chi connectivity index (χ2v) is 5.91. The number of ether oxygens (including phenoxy) is 1. The highest BCUT2D eigenvalue weighted by Crippen LogP contribution is 2.30. The third-order valence-electron chi connectivity index (χ3n) is 2.81. The highest BCUT2D eigenvalue weighted by molar-refractivity contribution is 9.10. The molecule has 1 unspecified atom stereocenters. The van der Waals surface area contributed by atoms with Gasteiger partial charge in [-0.2, -0.15) is 0 Å². The second kappa shape index (κ2) is 6.36. The predicted octanol–water partition coefficient (Wildman–Crippen LogP) is 4.19. The van der Waals surface area contributed by atoms with E-state index in [2.05, 4.69) is 27.4 Å². The first-order valence-corrected chi connectivity index (χ1v) is 7.42. The van der Waals surface area contributed by atoms with Gasteiger partial charge in [0.2, 0.25) is 0 Å². The second-order valence-electron chi connectivity index (χ2n) is 4.02. The molecule has 0 aliphatic heterocycles. The fourth-order valence-electron chi connectivity index (χ4n) is 1.79. The first-order valence-electron chi connectivity index (χ1n) is 5.74. The van der Waals surface area contributed by atoms with E-state index >= 15 is 0 Å². The molecular formula is C14H15BrO2S. The molecule has 2 nitrogen and oxygen atoms in total. The van der Waals surface area contributed by atoms with E-state index in [0.717, 1.165) is 22.2 Å². The number of rotatable bonds is 5. The first-order chi connectivity index (χ1) is 8.70. The van der Waals surface area contributed by atoms with Crippen molar-refractivity contribution in [3.05, 3.63) is 50.6 Å². The molecular weight excluding hydrogens is 312 g/mol. The van der Waals surface area contributed by atoms with Crippen LogP contribution in [-0.4, -0.2) is 12.2 Å². The quantitative estimate of drug-likeness (QED) is 0.892. The van der Waals surface area contributed by atoms with Gasteiger partial charge in [-0.25, -0.2) is 0 Å². The SMILES string of the molecule is COc1ccc(Br)c(C(O)CCc2cccs2)c1. The van der Waals surface area contributed by atoms with E-state index in [9.17, 15) is 5.11 Å². The Morgan fingerprint density at radius 1 is 1.39 bits per heavy atom. The van der Waals surface area contributed by atoms with Gasteiger partial charge in [-0.3, -0.25) is 0 Å². The molecule has 96 valence electrons. The minimum atomic E-state index is -0.475. The summed E-state index contributed by atoms with van der Waals surface area (Å²) in [6, 6.07) is 9.79. The van der Waals surface area contributed by atoms with Gasteiger partial charge in [-0.15, -0.1) is 11.3 Å². The molecule has 0 saturated heterocycles. The van der Waals surface area contributed by atoms with E-state index in [1.807, 2.05) is 24.3 Å². The summed E-state index contributed by atoms with van der Waals surface area (Å²) in [5, 5.41) is 12.3. The smallest absolute Gasteiger partial charge is 0.119 e. The Hall–Kier alpha value is -0.840. The van der Waals surface area contributed by atoms with Crippen LogP contribution in [0.15, 0.2) is 40.2 Å². The van der Waals surface area contributed by atoms with Gasteiger partial charge in [0.15, 0.2) is 0 Å². The van der Waals surface area contributed by atoms with Crippen LogP contribution in [0.2, 0.25) is 0 Å². The van der Waals surface area contributed by atoms with E-state index in [1.54, 1.807) is 18.4 Å². The van der Waals surface area contributed by atoms with Crippen LogP contribution in [-0.2, 0) is 6.42 Å². The molecule has 1 N–H and O–H groups in total. The number of aliphatic hydroxyl groups is 1. The Kier molecular flexibility index (Phi) is 4.80. The Morgan fingerprint density at radius 2 is 2.22 bits per heavy atom. The maximum absolute atomic E-state index is 10.2. The van der Waals surface area contributed by atoms with Crippen LogP contribution in [0, 0.1) is 0 Å². The van der Waals surface area contributed by atoms with Crippen LogP contribution in [0.4, 0.5) is 0 Å². The largest absolute Gasteiger partial charge is 0.497 e. The number of benzene rings is 1. The number of aliphatic hydroxyl groups excluding tert-OH is 1. The first kappa shape index (κ1) is 13.6. The zero-order valence-corrected chi connectivity index (χ0v) is 12.5. The molecule has 1 heterocycles. The molecule has 1 aromatic heterocycles. The molecule has 0 aliphatic rings. The maximum atomic E-state index is 10.2. The summed E-state index contributed by atoms with van der Waals surface area (Å²) in [5.74, 6) is 0.767. The number of aryl methyl sites for hydroxylation is 1. The van der Waals surface area contributed by atoms with Crippen molar-refractivity contribution in [2.75, 3.05) is 7.11 Å². The van der Waals surface area contributed by atoms with Gasteiger partial charge >= 0.3 is 0 Å². The van der Waals surface area contributed by atoms with Gasteiger partial charge in [-0.05, 0) is 48.1 Å². The summed E-state index contributed by atoms with van der Waals surface area (Å²) in [6.45, 7) is 0. The number of hydrogen-bond acceptors (Lipinski definition) is 3. The van der Waals surface area contributed by atoms with Crippen molar-refractivity contribution in [3.8, 4) is 5.75 Å². The van der Waals surface area contributed by atoms with Crippen molar-refractivity contribution < 1.29 is 9.84 Å². The molecule has 1 aromatic carbocycles. The fourth-order valence-corrected chi connectivity index (χ4v) is 3.03. The van der Waals surface area contributed by atoms with Gasteiger partial charge < -0.3 is 9.84 Å². The number of hydrogen-bond donors (Lipinski definition) is 1. The minimum Gasteiger partial charge on any atom is -0.497 e. The average Bonchev–Trinajstić information content (AvgIpc) is 2.89. The van der Waals surface area contributed by atoms with Gasteiger partial charge in [0.05, 0.1) is 13.2 Å². The lowest BCUT2D eigenvalue weighted by molar-refractivity contribution is 0.167. The Bertz CT molecular complexity index is 497. The topological polar surface area (TPSA) is 29.5 Å². The standard InChI is InChI=1S/C14H15BrO2S/c1-17-10-4-6-13(15)12(9-10)14(16)7-5-11-3-2-8-18-11/h2-4,6,8-9,14,16H,5,7H2,1H3. The third kappa shape index (κ3) is 3.34. The summed E-state index contributed by atoms with van der Waals surface area (Å²) in [7, 11) is 1.63. The van der Waals surface area contributed by atoms with E-state index in [1.165, 1.54) is 4.88 Å². The van der Waals surface area contributed by atoms with E-state index in [0.29, 0.717) is 6.42 Å². The van der Waals surface area contributed by atoms with Crippen molar-refractivity contribution >= 4 is 27.3 Å². The lowest BCUT2D eigenvalue weighted by atomic mass is 10.0. The molecule has 2 aromatic rings. The third-order valence-corrected chi connectivity index (χ3v) is 4.46. The van der Waals surface area contributed by atoms with Crippen molar-refractivity contribution in [2.24, 2.45) is 0 Å². The summed E-state index contributed by atoms with van der Waals surface area (Å²) in [4.78, 5) is 1.30. The fraction of sp³-hybridized carbons (Fsp3) is 0.286. The molecule has 0 amide bonds. The van der Waals surface area contributed by atoms with Crippen molar-refractivity contribution in [2.45, 2.75) is 18.9 Å². The van der Waals surface area contributed by atoms with Gasteiger partial charge in [0.1, 0.15) is 5.75 Å². The van der Waals surface area contributed by atoms with Crippen molar-refractivity contribution in [1.29, 1.82) is 0 Å². The molecule has 0 spiro atoms. The van der Waals surface area contributed by atoms with Crippen LogP contribution in [0.3, 0.4) is 0 Å². The monoisotopic (exact) mass is 326 g/mol. The minimum absolute atomic E-state index is 0.475. The summed E-state index contributed by atoms with van der Waals surface area (Å²) >= 11 is 5.19. The maximum Gasteiger partial charge on any atom is 0.119 e. The zero-order chi connectivity index (χ0) is 13.0. The van der Waals surface area contributed by atoms with Gasteiger partial charge in [-0.1, -0.05) is 22.0 Å². The average molecular weight is 327 g/mol. The number of methoxy groups -OCH3 is 1. The van der Waals surface area contributed by atoms with Crippen LogP contribution >= 0.6 is 27.3 Å². The summed E-state index contributed by atoms with van der Waals surface area (Å²) < 4.78 is 6.10. The van der Waals surface area contributed by atoms with Crippen LogP contribution < -0.4 is 4.74 Å². The van der Waals surface area contributed by atoms with E-state index < -0.39 is 6.10 Å². The summed E-state index contributed by atoms with van der Waals surface area (Å²) in [6.07, 6.45) is 1.13. The van der Waals surface area contributed by atoms with Crippen LogP contribution in [0.25, 0.3) is 0 Å². The van der Waals surface area contributed by atoms with E-state index in [4.69, 9.17) is 4.74 Å². The molecule has 2 rings (SSSR count). The molecule has 0 fully saturated rings. The normalized spacial score (nSPS) is 12.4. The molecule has 0 saturated carbocycles. The molecule has 0 radical (unpaired) electrons. The molecule has 0 bridgehead atoms. The molecule has 1 atom stereocenters. The van der Waals surface area contributed by atoms with Crippen molar-refractivity contribution in [1.82, 2.24) is 0 Å².